The van der Waals surface area contributed by atoms with Crippen molar-refractivity contribution in [3.8, 4) is 11.3 Å². The van der Waals surface area contributed by atoms with E-state index < -0.39 is 4.92 Å². The van der Waals surface area contributed by atoms with Crippen molar-refractivity contribution in [1.82, 2.24) is 14.9 Å². The number of halogens is 1. The number of aromatic nitrogens is 2. The average molecular weight is 387 g/mol. The van der Waals surface area contributed by atoms with E-state index in [0.717, 1.165) is 22.1 Å². The molecule has 3 aromatic rings. The smallest absolute Gasteiger partial charge is 0.270 e. The number of fused-ring (bicyclic) bond motifs is 1. The van der Waals surface area contributed by atoms with Crippen molar-refractivity contribution in [3.05, 3.63) is 62.9 Å². The Kier molecular flexibility index (Phi) is 4.55. The van der Waals surface area contributed by atoms with Crippen molar-refractivity contribution >= 4 is 32.5 Å². The van der Waals surface area contributed by atoms with E-state index in [9.17, 15) is 10.1 Å². The van der Waals surface area contributed by atoms with Crippen LogP contribution in [-0.4, -0.2) is 33.9 Å². The summed E-state index contributed by atoms with van der Waals surface area (Å²) in [6.45, 7) is 0.816. The van der Waals surface area contributed by atoms with Crippen LogP contribution in [0.3, 0.4) is 0 Å². The van der Waals surface area contributed by atoms with Gasteiger partial charge in [0, 0.05) is 34.1 Å². The van der Waals surface area contributed by atoms with E-state index in [1.54, 1.807) is 6.07 Å². The zero-order valence-electron chi connectivity index (χ0n) is 13.2. The number of nitro groups is 1. The fourth-order valence-electron chi connectivity index (χ4n) is 2.55. The molecule has 0 atom stereocenters. The number of hydrogen-bond donors (Lipinski definition) is 0. The Morgan fingerprint density at radius 3 is 2.62 bits per heavy atom. The molecule has 0 saturated carbocycles. The third kappa shape index (κ3) is 3.27. The number of non-ortho nitro benzene ring substituents is 1. The lowest BCUT2D eigenvalue weighted by Crippen LogP contribution is -2.11. The average Bonchev–Trinajstić information content (AvgIpc) is 2.55. The molecule has 0 aliphatic rings. The topological polar surface area (TPSA) is 72.2 Å². The van der Waals surface area contributed by atoms with E-state index in [-0.39, 0.29) is 5.69 Å². The second-order valence-electron chi connectivity index (χ2n) is 5.72. The van der Waals surface area contributed by atoms with Gasteiger partial charge in [0.15, 0.2) is 0 Å². The second-order valence-corrected chi connectivity index (χ2v) is 6.58. The SMILES string of the molecule is CN(C)Cc1ccc(-c2ncnc3ccc([N+](=O)[O-])cc23)cc1Br. The van der Waals surface area contributed by atoms with Crippen LogP contribution in [0.4, 0.5) is 5.69 Å². The predicted octanol–water partition coefficient (Wildman–Crippen LogP) is 4.03. The molecule has 7 heteroatoms. The van der Waals surface area contributed by atoms with E-state index >= 15 is 0 Å². The van der Waals surface area contributed by atoms with Crippen LogP contribution in [0.15, 0.2) is 47.2 Å². The molecule has 6 nitrogen and oxygen atoms in total. The standard InChI is InChI=1S/C17H15BrN4O2/c1-21(2)9-12-4-3-11(7-15(12)18)17-14-8-13(22(23)24)5-6-16(14)19-10-20-17/h3-8,10H,9H2,1-2H3. The number of rotatable bonds is 4. The summed E-state index contributed by atoms with van der Waals surface area (Å²) < 4.78 is 0.978. The second kappa shape index (κ2) is 6.62. The van der Waals surface area contributed by atoms with Gasteiger partial charge in [0.2, 0.25) is 0 Å². The molecule has 1 aromatic heterocycles. The van der Waals surface area contributed by atoms with E-state index in [4.69, 9.17) is 0 Å². The number of nitrogens with zero attached hydrogens (tertiary/aromatic N) is 4. The molecule has 3 rings (SSSR count). The minimum absolute atomic E-state index is 0.0295. The maximum absolute atomic E-state index is 11.0. The van der Waals surface area contributed by atoms with Crippen LogP contribution >= 0.6 is 15.9 Å². The summed E-state index contributed by atoms with van der Waals surface area (Å²) in [5.74, 6) is 0. The molecule has 0 radical (unpaired) electrons. The van der Waals surface area contributed by atoms with Gasteiger partial charge in [-0.25, -0.2) is 9.97 Å². The molecule has 1 heterocycles. The number of nitro benzene ring substituents is 1. The van der Waals surface area contributed by atoms with E-state index in [2.05, 4.69) is 30.8 Å². The van der Waals surface area contributed by atoms with Gasteiger partial charge in [-0.3, -0.25) is 10.1 Å². The summed E-state index contributed by atoms with van der Waals surface area (Å²) in [6.07, 6.45) is 1.48. The van der Waals surface area contributed by atoms with Gasteiger partial charge in [0.25, 0.3) is 5.69 Å². The molecule has 0 saturated heterocycles. The molecule has 0 aliphatic heterocycles. The molecule has 2 aromatic carbocycles. The zero-order valence-corrected chi connectivity index (χ0v) is 14.8. The van der Waals surface area contributed by atoms with Crippen LogP contribution in [0.5, 0.6) is 0 Å². The number of hydrogen-bond acceptors (Lipinski definition) is 5. The first-order valence-corrected chi connectivity index (χ1v) is 8.07. The van der Waals surface area contributed by atoms with Crippen LogP contribution in [-0.2, 0) is 6.54 Å². The summed E-state index contributed by atoms with van der Waals surface area (Å²) in [5.41, 5.74) is 3.44. The monoisotopic (exact) mass is 386 g/mol. The van der Waals surface area contributed by atoms with Gasteiger partial charge in [-0.05, 0) is 31.8 Å². The number of benzene rings is 2. The Hall–Kier alpha value is -2.38. The summed E-state index contributed by atoms with van der Waals surface area (Å²) in [4.78, 5) is 21.3. The molecule has 0 fully saturated rings. The lowest BCUT2D eigenvalue weighted by molar-refractivity contribution is -0.384. The molecular weight excluding hydrogens is 372 g/mol. The lowest BCUT2D eigenvalue weighted by atomic mass is 10.0. The highest BCUT2D eigenvalue weighted by molar-refractivity contribution is 9.10. The van der Waals surface area contributed by atoms with Gasteiger partial charge < -0.3 is 4.90 Å². The Balaban J connectivity index is 2.13. The zero-order chi connectivity index (χ0) is 17.3. The fourth-order valence-corrected chi connectivity index (χ4v) is 3.06. The van der Waals surface area contributed by atoms with Crippen molar-refractivity contribution < 1.29 is 4.92 Å². The normalized spacial score (nSPS) is 11.2. The van der Waals surface area contributed by atoms with Gasteiger partial charge in [0.05, 0.1) is 16.1 Å². The highest BCUT2D eigenvalue weighted by Crippen LogP contribution is 2.31. The molecule has 24 heavy (non-hydrogen) atoms. The van der Waals surface area contributed by atoms with Crippen molar-refractivity contribution in [2.24, 2.45) is 0 Å². The molecule has 0 spiro atoms. The van der Waals surface area contributed by atoms with Gasteiger partial charge in [0.1, 0.15) is 6.33 Å². The minimum Gasteiger partial charge on any atom is -0.305 e. The summed E-state index contributed by atoms with van der Waals surface area (Å²) in [5, 5.41) is 11.7. The summed E-state index contributed by atoms with van der Waals surface area (Å²) in [7, 11) is 4.02. The quantitative estimate of drug-likeness (QED) is 0.499. The van der Waals surface area contributed by atoms with Crippen LogP contribution in [0.25, 0.3) is 22.2 Å². The van der Waals surface area contributed by atoms with E-state index in [1.807, 2.05) is 32.3 Å². The van der Waals surface area contributed by atoms with Crippen molar-refractivity contribution in [3.63, 3.8) is 0 Å². The molecule has 0 amide bonds. The highest BCUT2D eigenvalue weighted by atomic mass is 79.9. The molecule has 0 N–H and O–H groups in total. The molecule has 122 valence electrons. The van der Waals surface area contributed by atoms with Gasteiger partial charge in [-0.2, -0.15) is 0 Å². The van der Waals surface area contributed by atoms with Gasteiger partial charge in [-0.1, -0.05) is 28.1 Å². The third-order valence-corrected chi connectivity index (χ3v) is 4.38. The molecule has 0 unspecified atom stereocenters. The largest absolute Gasteiger partial charge is 0.305 e. The Bertz CT molecular complexity index is 928. The van der Waals surface area contributed by atoms with Crippen molar-refractivity contribution in [2.45, 2.75) is 6.54 Å². The summed E-state index contributed by atoms with van der Waals surface area (Å²) >= 11 is 3.60. The van der Waals surface area contributed by atoms with Crippen LogP contribution in [0.1, 0.15) is 5.56 Å². The molecule has 0 aliphatic carbocycles. The van der Waals surface area contributed by atoms with E-state index in [0.29, 0.717) is 16.6 Å². The van der Waals surface area contributed by atoms with Crippen molar-refractivity contribution in [2.75, 3.05) is 14.1 Å². The highest BCUT2D eigenvalue weighted by Gasteiger charge is 2.13. The first-order chi connectivity index (χ1) is 11.5. The third-order valence-electron chi connectivity index (χ3n) is 3.64. The Labute approximate surface area is 147 Å². The maximum atomic E-state index is 11.0. The predicted molar refractivity (Wildman–Crippen MR) is 96.7 cm³/mol. The fraction of sp³-hybridized carbons (Fsp3) is 0.176. The maximum Gasteiger partial charge on any atom is 0.270 e. The van der Waals surface area contributed by atoms with Crippen molar-refractivity contribution in [1.29, 1.82) is 0 Å². The lowest BCUT2D eigenvalue weighted by Gasteiger charge is -2.13. The van der Waals surface area contributed by atoms with Gasteiger partial charge in [-0.15, -0.1) is 0 Å². The minimum atomic E-state index is -0.410. The van der Waals surface area contributed by atoms with Crippen LogP contribution in [0, 0.1) is 10.1 Å². The first-order valence-electron chi connectivity index (χ1n) is 7.28. The van der Waals surface area contributed by atoms with Crippen LogP contribution in [0.2, 0.25) is 0 Å². The molecule has 0 bridgehead atoms. The molecular formula is C17H15BrN4O2. The Morgan fingerprint density at radius 1 is 1.17 bits per heavy atom. The van der Waals surface area contributed by atoms with Crippen LogP contribution < -0.4 is 0 Å². The van der Waals surface area contributed by atoms with E-state index in [1.165, 1.54) is 18.5 Å². The van der Waals surface area contributed by atoms with Gasteiger partial charge >= 0.3 is 0 Å². The first kappa shape index (κ1) is 16.5. The Morgan fingerprint density at radius 2 is 1.96 bits per heavy atom. The summed E-state index contributed by atoms with van der Waals surface area (Å²) in [6, 6.07) is 10.6.